The lowest BCUT2D eigenvalue weighted by atomic mass is 10.1. The number of carbonyl (C=O) groups excluding carboxylic acids is 2. The standard InChI is InChI=1S/C14H22N4O3/c1-3-5-10(16-14(15)20)13(19)18-7-4-6-11(18)12-8-9(2)17-21-12/h8,10-11H,3-7H2,1-2H3,(H3,15,16,20)/t10-,11-/m0/s1. The van der Waals surface area contributed by atoms with Crippen LogP contribution >= 0.6 is 0 Å². The second kappa shape index (κ2) is 6.60. The van der Waals surface area contributed by atoms with Crippen LogP contribution in [0.5, 0.6) is 0 Å². The van der Waals surface area contributed by atoms with E-state index in [2.05, 4.69) is 10.5 Å². The maximum atomic E-state index is 12.7. The van der Waals surface area contributed by atoms with E-state index in [-0.39, 0.29) is 11.9 Å². The van der Waals surface area contributed by atoms with E-state index in [4.69, 9.17) is 10.3 Å². The van der Waals surface area contributed by atoms with Crippen molar-refractivity contribution < 1.29 is 14.1 Å². The molecular weight excluding hydrogens is 272 g/mol. The van der Waals surface area contributed by atoms with Gasteiger partial charge < -0.3 is 20.5 Å². The number of nitrogens with zero attached hydrogens (tertiary/aromatic N) is 2. The van der Waals surface area contributed by atoms with Crippen molar-refractivity contribution in [3.63, 3.8) is 0 Å². The van der Waals surface area contributed by atoms with E-state index < -0.39 is 12.1 Å². The van der Waals surface area contributed by atoms with E-state index in [0.717, 1.165) is 25.0 Å². The van der Waals surface area contributed by atoms with Gasteiger partial charge in [-0.1, -0.05) is 18.5 Å². The highest BCUT2D eigenvalue weighted by Crippen LogP contribution is 2.32. The molecular formula is C14H22N4O3. The van der Waals surface area contributed by atoms with Crippen LogP contribution in [0.3, 0.4) is 0 Å². The predicted octanol–water partition coefficient (Wildman–Crippen LogP) is 1.48. The summed E-state index contributed by atoms with van der Waals surface area (Å²) in [7, 11) is 0. The zero-order valence-corrected chi connectivity index (χ0v) is 12.5. The van der Waals surface area contributed by atoms with Crippen LogP contribution in [0.1, 0.15) is 50.1 Å². The third kappa shape index (κ3) is 3.53. The Labute approximate surface area is 123 Å². The van der Waals surface area contributed by atoms with Gasteiger partial charge in [0.1, 0.15) is 6.04 Å². The van der Waals surface area contributed by atoms with E-state index in [1.54, 1.807) is 4.90 Å². The fraction of sp³-hybridized carbons (Fsp3) is 0.643. The zero-order valence-electron chi connectivity index (χ0n) is 12.5. The molecule has 0 radical (unpaired) electrons. The summed E-state index contributed by atoms with van der Waals surface area (Å²) in [5.41, 5.74) is 5.96. The molecule has 7 nitrogen and oxygen atoms in total. The van der Waals surface area contributed by atoms with Gasteiger partial charge in [-0.2, -0.15) is 0 Å². The summed E-state index contributed by atoms with van der Waals surface area (Å²) in [6, 6.07) is 0.505. The summed E-state index contributed by atoms with van der Waals surface area (Å²) in [5, 5.41) is 6.42. The topological polar surface area (TPSA) is 101 Å². The number of aromatic nitrogens is 1. The predicted molar refractivity (Wildman–Crippen MR) is 76.3 cm³/mol. The lowest BCUT2D eigenvalue weighted by Crippen LogP contribution is -2.49. The molecule has 7 heteroatoms. The maximum Gasteiger partial charge on any atom is 0.312 e. The molecule has 3 amide bonds. The summed E-state index contributed by atoms with van der Waals surface area (Å²) in [6.07, 6.45) is 3.11. The molecule has 0 spiro atoms. The molecule has 21 heavy (non-hydrogen) atoms. The van der Waals surface area contributed by atoms with Gasteiger partial charge in [0, 0.05) is 12.6 Å². The van der Waals surface area contributed by atoms with Crippen molar-refractivity contribution in [2.45, 2.75) is 51.6 Å². The van der Waals surface area contributed by atoms with Crippen molar-refractivity contribution in [3.05, 3.63) is 17.5 Å². The molecule has 1 aromatic rings. The number of nitrogens with two attached hydrogens (primary N) is 1. The van der Waals surface area contributed by atoms with Gasteiger partial charge in [0.25, 0.3) is 0 Å². The highest BCUT2D eigenvalue weighted by molar-refractivity contribution is 5.87. The smallest absolute Gasteiger partial charge is 0.312 e. The van der Waals surface area contributed by atoms with E-state index in [1.165, 1.54) is 0 Å². The Balaban J connectivity index is 2.13. The molecule has 0 aliphatic carbocycles. The first-order chi connectivity index (χ1) is 10.0. The average Bonchev–Trinajstić information content (AvgIpc) is 3.05. The van der Waals surface area contributed by atoms with Crippen molar-refractivity contribution in [3.8, 4) is 0 Å². The summed E-state index contributed by atoms with van der Waals surface area (Å²) < 4.78 is 5.29. The highest BCUT2D eigenvalue weighted by Gasteiger charge is 2.36. The molecule has 0 aromatic carbocycles. The van der Waals surface area contributed by atoms with Crippen molar-refractivity contribution in [2.75, 3.05) is 6.54 Å². The number of rotatable bonds is 5. The molecule has 0 saturated carbocycles. The molecule has 1 fully saturated rings. The van der Waals surface area contributed by atoms with E-state index >= 15 is 0 Å². The van der Waals surface area contributed by atoms with Crippen molar-refractivity contribution in [1.29, 1.82) is 0 Å². The Hall–Kier alpha value is -2.05. The number of aryl methyl sites for hydroxylation is 1. The van der Waals surface area contributed by atoms with Gasteiger partial charge in [0.15, 0.2) is 5.76 Å². The SMILES string of the molecule is CCC[C@H](NC(N)=O)C(=O)N1CCC[C@H]1c1cc(C)no1. The molecule has 1 aliphatic rings. The average molecular weight is 294 g/mol. The number of hydrogen-bond acceptors (Lipinski definition) is 4. The third-order valence-electron chi connectivity index (χ3n) is 3.70. The monoisotopic (exact) mass is 294 g/mol. The van der Waals surface area contributed by atoms with E-state index in [0.29, 0.717) is 18.7 Å². The lowest BCUT2D eigenvalue weighted by Gasteiger charge is -2.27. The second-order valence-corrected chi connectivity index (χ2v) is 5.41. The molecule has 0 unspecified atom stereocenters. The van der Waals surface area contributed by atoms with Gasteiger partial charge in [-0.25, -0.2) is 4.79 Å². The fourth-order valence-corrected chi connectivity index (χ4v) is 2.78. The van der Waals surface area contributed by atoms with Crippen LogP contribution in [0.25, 0.3) is 0 Å². The summed E-state index contributed by atoms with van der Waals surface area (Å²) in [5.74, 6) is 0.597. The molecule has 1 aliphatic heterocycles. The lowest BCUT2D eigenvalue weighted by molar-refractivity contribution is -0.134. The van der Waals surface area contributed by atoms with E-state index in [1.807, 2.05) is 19.9 Å². The van der Waals surface area contributed by atoms with Gasteiger partial charge in [0.2, 0.25) is 5.91 Å². The largest absolute Gasteiger partial charge is 0.359 e. The van der Waals surface area contributed by atoms with Gasteiger partial charge in [0.05, 0.1) is 11.7 Å². The minimum atomic E-state index is -0.673. The molecule has 1 saturated heterocycles. The van der Waals surface area contributed by atoms with Crippen molar-refractivity contribution in [1.82, 2.24) is 15.4 Å². The molecule has 2 heterocycles. The van der Waals surface area contributed by atoms with Gasteiger partial charge in [-0.3, -0.25) is 4.79 Å². The first-order valence-electron chi connectivity index (χ1n) is 7.32. The Morgan fingerprint density at radius 2 is 2.38 bits per heavy atom. The first kappa shape index (κ1) is 15.3. The number of carbonyl (C=O) groups is 2. The number of primary amides is 1. The molecule has 0 bridgehead atoms. The quantitative estimate of drug-likeness (QED) is 0.858. The molecule has 2 rings (SSSR count). The van der Waals surface area contributed by atoms with Gasteiger partial charge >= 0.3 is 6.03 Å². The molecule has 116 valence electrons. The van der Waals surface area contributed by atoms with Crippen LogP contribution in [-0.4, -0.2) is 34.6 Å². The molecule has 3 N–H and O–H groups in total. The van der Waals surface area contributed by atoms with Crippen LogP contribution in [0.4, 0.5) is 4.79 Å². The highest BCUT2D eigenvalue weighted by atomic mass is 16.5. The Morgan fingerprint density at radius 3 is 2.95 bits per heavy atom. The van der Waals surface area contributed by atoms with Gasteiger partial charge in [-0.15, -0.1) is 0 Å². The summed E-state index contributed by atoms with van der Waals surface area (Å²) in [4.78, 5) is 25.5. The van der Waals surface area contributed by atoms with Crippen LogP contribution < -0.4 is 11.1 Å². The van der Waals surface area contributed by atoms with Gasteiger partial charge in [-0.05, 0) is 26.2 Å². The molecule has 1 aromatic heterocycles. The Morgan fingerprint density at radius 1 is 1.62 bits per heavy atom. The summed E-state index contributed by atoms with van der Waals surface area (Å²) in [6.45, 7) is 4.47. The van der Waals surface area contributed by atoms with Crippen LogP contribution in [0.2, 0.25) is 0 Å². The third-order valence-corrected chi connectivity index (χ3v) is 3.70. The molecule has 2 atom stereocenters. The minimum absolute atomic E-state index is 0.104. The Kier molecular flexibility index (Phi) is 4.82. The van der Waals surface area contributed by atoms with Crippen molar-refractivity contribution >= 4 is 11.9 Å². The van der Waals surface area contributed by atoms with Crippen LogP contribution in [0.15, 0.2) is 10.6 Å². The van der Waals surface area contributed by atoms with E-state index in [9.17, 15) is 9.59 Å². The first-order valence-corrected chi connectivity index (χ1v) is 7.32. The maximum absolute atomic E-state index is 12.7. The normalized spacial score (nSPS) is 19.5. The van der Waals surface area contributed by atoms with Crippen LogP contribution in [-0.2, 0) is 4.79 Å². The zero-order chi connectivity index (χ0) is 15.4. The Bertz CT molecular complexity index is 514. The fourth-order valence-electron chi connectivity index (χ4n) is 2.78. The van der Waals surface area contributed by atoms with Crippen LogP contribution in [0, 0.1) is 6.92 Å². The number of likely N-dealkylation sites (tertiary alicyclic amines) is 1. The minimum Gasteiger partial charge on any atom is -0.359 e. The summed E-state index contributed by atoms with van der Waals surface area (Å²) >= 11 is 0. The number of hydrogen-bond donors (Lipinski definition) is 2. The second-order valence-electron chi connectivity index (χ2n) is 5.41. The van der Waals surface area contributed by atoms with Crippen molar-refractivity contribution in [2.24, 2.45) is 5.73 Å². The number of amides is 3. The number of nitrogens with one attached hydrogen (secondary N) is 1. The number of urea groups is 1.